The fourth-order valence-corrected chi connectivity index (χ4v) is 3.49. The zero-order valence-electron chi connectivity index (χ0n) is 14.1. The molecule has 1 aromatic carbocycles. The van der Waals surface area contributed by atoms with Gasteiger partial charge >= 0.3 is 0 Å². The molecular weight excluding hydrogens is 322 g/mol. The number of aromatic nitrogens is 1. The Hall–Kier alpha value is -1.81. The van der Waals surface area contributed by atoms with E-state index in [1.165, 1.54) is 0 Å². The van der Waals surface area contributed by atoms with Gasteiger partial charge in [0, 0.05) is 41.9 Å². The third kappa shape index (κ3) is 3.81. The van der Waals surface area contributed by atoms with Gasteiger partial charge in [0.2, 0.25) is 5.91 Å². The predicted molar refractivity (Wildman–Crippen MR) is 99.6 cm³/mol. The number of halogens is 1. The summed E-state index contributed by atoms with van der Waals surface area (Å²) in [6.07, 6.45) is 5.95. The number of benzene rings is 1. The lowest BCUT2D eigenvalue weighted by atomic mass is 9.96. The van der Waals surface area contributed by atoms with Crippen molar-refractivity contribution in [3.05, 3.63) is 35.5 Å². The number of amides is 1. The minimum absolute atomic E-state index is 0.0612. The van der Waals surface area contributed by atoms with Gasteiger partial charge in [-0.25, -0.2) is 0 Å². The average Bonchev–Trinajstić information content (AvgIpc) is 2.61. The van der Waals surface area contributed by atoms with E-state index >= 15 is 0 Å². The van der Waals surface area contributed by atoms with E-state index < -0.39 is 0 Å². The smallest absolute Gasteiger partial charge is 0.224 e. The molecule has 1 atom stereocenters. The standard InChI is InChI=1S/C19H24ClN3O/c1-2-3-9-22-19(24)14-5-4-11-23(13-14)18-8-10-21-17-12-15(20)6-7-16(17)18/h6-8,10,12,14H,2-5,9,11,13H2,1H3,(H,22,24). The van der Waals surface area contributed by atoms with Crippen LogP contribution in [0.3, 0.4) is 0 Å². The first kappa shape index (κ1) is 17.0. The second kappa shape index (κ2) is 7.84. The first-order valence-electron chi connectivity index (χ1n) is 8.76. The Morgan fingerprint density at radius 1 is 1.42 bits per heavy atom. The van der Waals surface area contributed by atoms with E-state index in [0.717, 1.165) is 61.9 Å². The van der Waals surface area contributed by atoms with Crippen LogP contribution in [0, 0.1) is 5.92 Å². The van der Waals surface area contributed by atoms with Crippen LogP contribution >= 0.6 is 11.6 Å². The third-order valence-corrected chi connectivity index (χ3v) is 4.88. The SMILES string of the molecule is CCCCNC(=O)C1CCCN(c2ccnc3cc(Cl)ccc23)C1. The van der Waals surface area contributed by atoms with Crippen LogP contribution in [0.15, 0.2) is 30.5 Å². The highest BCUT2D eigenvalue weighted by Gasteiger charge is 2.26. The molecular formula is C19H24ClN3O. The van der Waals surface area contributed by atoms with E-state index in [-0.39, 0.29) is 11.8 Å². The van der Waals surface area contributed by atoms with Gasteiger partial charge in [-0.3, -0.25) is 9.78 Å². The van der Waals surface area contributed by atoms with E-state index in [1.807, 2.05) is 30.5 Å². The minimum atomic E-state index is 0.0612. The molecule has 0 saturated carbocycles. The highest BCUT2D eigenvalue weighted by atomic mass is 35.5. The summed E-state index contributed by atoms with van der Waals surface area (Å²) in [6, 6.07) is 7.84. The molecule has 1 aliphatic rings. The normalized spacial score (nSPS) is 17.9. The Bertz CT molecular complexity index is 719. The zero-order valence-corrected chi connectivity index (χ0v) is 14.9. The van der Waals surface area contributed by atoms with Gasteiger partial charge in [0.25, 0.3) is 0 Å². The molecule has 0 spiro atoms. The van der Waals surface area contributed by atoms with Gasteiger partial charge in [-0.15, -0.1) is 0 Å². The van der Waals surface area contributed by atoms with Crippen LogP contribution in [-0.4, -0.2) is 30.5 Å². The first-order valence-corrected chi connectivity index (χ1v) is 9.13. The number of anilines is 1. The van der Waals surface area contributed by atoms with Gasteiger partial charge in [0.05, 0.1) is 11.4 Å². The first-order chi connectivity index (χ1) is 11.7. The fraction of sp³-hybridized carbons (Fsp3) is 0.474. The largest absolute Gasteiger partial charge is 0.370 e. The molecule has 1 aliphatic heterocycles. The minimum Gasteiger partial charge on any atom is -0.370 e. The van der Waals surface area contributed by atoms with Crippen LogP contribution < -0.4 is 10.2 Å². The topological polar surface area (TPSA) is 45.2 Å². The quantitative estimate of drug-likeness (QED) is 0.832. The molecule has 24 heavy (non-hydrogen) atoms. The van der Waals surface area contributed by atoms with E-state index in [2.05, 4.69) is 22.1 Å². The zero-order chi connectivity index (χ0) is 16.9. The maximum Gasteiger partial charge on any atom is 0.224 e. The molecule has 1 saturated heterocycles. The van der Waals surface area contributed by atoms with Crippen LogP contribution in [0.1, 0.15) is 32.6 Å². The summed E-state index contributed by atoms with van der Waals surface area (Å²) in [5.74, 6) is 0.251. The van der Waals surface area contributed by atoms with E-state index in [1.54, 1.807) is 0 Å². The highest BCUT2D eigenvalue weighted by molar-refractivity contribution is 6.31. The molecule has 5 heteroatoms. The average molecular weight is 346 g/mol. The van der Waals surface area contributed by atoms with E-state index in [4.69, 9.17) is 11.6 Å². The fourth-order valence-electron chi connectivity index (χ4n) is 3.32. The van der Waals surface area contributed by atoms with Crippen molar-refractivity contribution < 1.29 is 4.79 Å². The van der Waals surface area contributed by atoms with Gasteiger partial charge in [0.1, 0.15) is 0 Å². The van der Waals surface area contributed by atoms with Crippen molar-refractivity contribution in [2.45, 2.75) is 32.6 Å². The second-order valence-electron chi connectivity index (χ2n) is 6.42. The van der Waals surface area contributed by atoms with Crippen LogP contribution in [0.25, 0.3) is 10.9 Å². The molecule has 1 fully saturated rings. The number of carbonyl (C=O) groups is 1. The number of fused-ring (bicyclic) bond motifs is 1. The molecule has 2 aromatic rings. The number of hydrogen-bond acceptors (Lipinski definition) is 3. The number of carbonyl (C=O) groups excluding carboxylic acids is 1. The molecule has 0 aliphatic carbocycles. The lowest BCUT2D eigenvalue weighted by Gasteiger charge is -2.34. The van der Waals surface area contributed by atoms with Crippen LogP contribution in [-0.2, 0) is 4.79 Å². The van der Waals surface area contributed by atoms with Crippen LogP contribution in [0.5, 0.6) is 0 Å². The lowest BCUT2D eigenvalue weighted by molar-refractivity contribution is -0.125. The summed E-state index contributed by atoms with van der Waals surface area (Å²) in [7, 11) is 0. The summed E-state index contributed by atoms with van der Waals surface area (Å²) >= 11 is 6.08. The van der Waals surface area contributed by atoms with E-state index in [0.29, 0.717) is 5.02 Å². The van der Waals surface area contributed by atoms with Crippen molar-refractivity contribution in [2.75, 3.05) is 24.5 Å². The van der Waals surface area contributed by atoms with Gasteiger partial charge in [0.15, 0.2) is 0 Å². The van der Waals surface area contributed by atoms with Crippen molar-refractivity contribution in [1.82, 2.24) is 10.3 Å². The molecule has 3 rings (SSSR count). The van der Waals surface area contributed by atoms with Crippen LogP contribution in [0.4, 0.5) is 5.69 Å². The molecule has 0 bridgehead atoms. The molecule has 1 unspecified atom stereocenters. The number of hydrogen-bond donors (Lipinski definition) is 1. The third-order valence-electron chi connectivity index (χ3n) is 4.64. The highest BCUT2D eigenvalue weighted by Crippen LogP contribution is 2.30. The monoisotopic (exact) mass is 345 g/mol. The molecule has 4 nitrogen and oxygen atoms in total. The molecule has 0 radical (unpaired) electrons. The van der Waals surface area contributed by atoms with Crippen molar-refractivity contribution in [2.24, 2.45) is 5.92 Å². The summed E-state index contributed by atoms with van der Waals surface area (Å²) in [5, 5.41) is 4.86. The number of pyridine rings is 1. The van der Waals surface area contributed by atoms with E-state index in [9.17, 15) is 4.79 Å². The molecule has 128 valence electrons. The summed E-state index contributed by atoms with van der Waals surface area (Å²) in [4.78, 5) is 19.1. The van der Waals surface area contributed by atoms with Crippen LogP contribution in [0.2, 0.25) is 5.02 Å². The molecule has 1 aromatic heterocycles. The number of nitrogens with one attached hydrogen (secondary N) is 1. The molecule has 1 amide bonds. The van der Waals surface area contributed by atoms with Gasteiger partial charge in [-0.2, -0.15) is 0 Å². The molecule has 1 N–H and O–H groups in total. The number of nitrogens with zero attached hydrogens (tertiary/aromatic N) is 2. The maximum absolute atomic E-state index is 12.4. The van der Waals surface area contributed by atoms with Gasteiger partial charge in [-0.05, 0) is 43.5 Å². The van der Waals surface area contributed by atoms with Gasteiger partial charge < -0.3 is 10.2 Å². The van der Waals surface area contributed by atoms with Gasteiger partial charge in [-0.1, -0.05) is 24.9 Å². The number of rotatable bonds is 5. The lowest BCUT2D eigenvalue weighted by Crippen LogP contribution is -2.43. The Kier molecular flexibility index (Phi) is 5.56. The van der Waals surface area contributed by atoms with Crippen molar-refractivity contribution >= 4 is 34.1 Å². The summed E-state index contributed by atoms with van der Waals surface area (Å²) < 4.78 is 0. The summed E-state index contributed by atoms with van der Waals surface area (Å²) in [6.45, 7) is 4.65. The van der Waals surface area contributed by atoms with Crippen molar-refractivity contribution in [1.29, 1.82) is 0 Å². The Balaban J connectivity index is 1.76. The molecule has 2 heterocycles. The Morgan fingerprint density at radius 2 is 2.29 bits per heavy atom. The maximum atomic E-state index is 12.4. The predicted octanol–water partition coefficient (Wildman–Crippen LogP) is 4.02. The Labute approximate surface area is 148 Å². The van der Waals surface area contributed by atoms with Crippen molar-refractivity contribution in [3.63, 3.8) is 0 Å². The second-order valence-corrected chi connectivity index (χ2v) is 6.86. The van der Waals surface area contributed by atoms with Crippen molar-refractivity contribution in [3.8, 4) is 0 Å². The number of unbranched alkanes of at least 4 members (excludes halogenated alkanes) is 1. The number of piperidine rings is 1. The summed E-state index contributed by atoms with van der Waals surface area (Å²) in [5.41, 5.74) is 2.04. The Morgan fingerprint density at radius 3 is 3.12 bits per heavy atom.